The molecule has 0 aliphatic carbocycles. The van der Waals surface area contributed by atoms with Gasteiger partial charge in [0.25, 0.3) is 0 Å². The number of aliphatic imine (C=N–C) groups is 1. The van der Waals surface area contributed by atoms with Gasteiger partial charge in [-0.3, -0.25) is 4.99 Å². The van der Waals surface area contributed by atoms with Gasteiger partial charge in [0.1, 0.15) is 17.8 Å². The molecule has 0 bridgehead atoms. The molecule has 0 saturated carbocycles. The van der Waals surface area contributed by atoms with Gasteiger partial charge in [-0.05, 0) is 20.8 Å². The summed E-state index contributed by atoms with van der Waals surface area (Å²) in [6.45, 7) is 11.4. The van der Waals surface area contributed by atoms with Crippen molar-refractivity contribution in [1.82, 2.24) is 24.6 Å². The Bertz CT molecular complexity index is 604. The van der Waals surface area contributed by atoms with Crippen LogP contribution in [0.5, 0.6) is 0 Å². The second-order valence-electron chi connectivity index (χ2n) is 6.99. The molecule has 1 aromatic rings. The number of hydrogen-bond donors (Lipinski definition) is 1. The Morgan fingerprint density at radius 1 is 1.27 bits per heavy atom. The van der Waals surface area contributed by atoms with Gasteiger partial charge in [-0.2, -0.15) is 0 Å². The minimum absolute atomic E-state index is 0. The van der Waals surface area contributed by atoms with Crippen LogP contribution in [0.1, 0.15) is 33.5 Å². The zero-order valence-electron chi connectivity index (χ0n) is 16.0. The molecular formula is C16H30IN7O2. The summed E-state index contributed by atoms with van der Waals surface area (Å²) in [6.07, 6.45) is 2.28. The van der Waals surface area contributed by atoms with E-state index in [2.05, 4.69) is 15.2 Å². The van der Waals surface area contributed by atoms with Crippen LogP contribution in [0, 0.1) is 0 Å². The zero-order chi connectivity index (χ0) is 18.4. The van der Waals surface area contributed by atoms with Gasteiger partial charge in [0.15, 0.2) is 5.96 Å². The van der Waals surface area contributed by atoms with Crippen LogP contribution in [0.25, 0.3) is 0 Å². The van der Waals surface area contributed by atoms with Crippen molar-refractivity contribution < 1.29 is 9.53 Å². The number of guanidine groups is 1. The van der Waals surface area contributed by atoms with Crippen LogP contribution in [0.4, 0.5) is 4.79 Å². The molecule has 1 aliphatic rings. The minimum atomic E-state index is -0.478. The summed E-state index contributed by atoms with van der Waals surface area (Å²) in [5.74, 6) is 1.45. The van der Waals surface area contributed by atoms with Crippen molar-refractivity contribution in [1.29, 1.82) is 0 Å². The Hall–Kier alpha value is -1.59. The lowest BCUT2D eigenvalue weighted by Crippen LogP contribution is -2.53. The largest absolute Gasteiger partial charge is 0.444 e. The molecule has 0 unspecified atom stereocenters. The predicted molar refractivity (Wildman–Crippen MR) is 111 cm³/mol. The molecule has 1 amide bonds. The number of halogens is 1. The van der Waals surface area contributed by atoms with Gasteiger partial charge in [0.2, 0.25) is 0 Å². The SMILES string of the molecule is CCc1nncn1CCN=C(N)N1CCN(C(=O)OC(C)(C)C)CC1.I. The number of rotatable bonds is 4. The smallest absolute Gasteiger partial charge is 0.410 e. The number of nitrogens with two attached hydrogens (primary N) is 1. The van der Waals surface area contributed by atoms with Gasteiger partial charge in [0, 0.05) is 39.1 Å². The topological polar surface area (TPSA) is 102 Å². The Morgan fingerprint density at radius 2 is 1.88 bits per heavy atom. The lowest BCUT2D eigenvalue weighted by atomic mass is 10.2. The summed E-state index contributed by atoms with van der Waals surface area (Å²) in [6, 6.07) is 0. The number of aryl methyl sites for hydroxylation is 1. The van der Waals surface area contributed by atoms with Gasteiger partial charge < -0.3 is 24.8 Å². The van der Waals surface area contributed by atoms with Crippen molar-refractivity contribution in [2.75, 3.05) is 32.7 Å². The first kappa shape index (κ1) is 22.5. The van der Waals surface area contributed by atoms with Gasteiger partial charge in [0.05, 0.1) is 6.54 Å². The third kappa shape index (κ3) is 6.61. The van der Waals surface area contributed by atoms with E-state index in [1.807, 2.05) is 37.2 Å². The highest BCUT2D eigenvalue weighted by Gasteiger charge is 2.26. The molecule has 1 aromatic heterocycles. The summed E-state index contributed by atoms with van der Waals surface area (Å²) in [7, 11) is 0. The zero-order valence-corrected chi connectivity index (χ0v) is 18.3. The van der Waals surface area contributed by atoms with Gasteiger partial charge in [-0.1, -0.05) is 6.92 Å². The van der Waals surface area contributed by atoms with Crippen LogP contribution < -0.4 is 5.73 Å². The molecule has 10 heteroatoms. The third-order valence-electron chi connectivity index (χ3n) is 3.88. The minimum Gasteiger partial charge on any atom is -0.444 e. The fourth-order valence-electron chi connectivity index (χ4n) is 2.56. The lowest BCUT2D eigenvalue weighted by Gasteiger charge is -2.36. The first-order valence-corrected chi connectivity index (χ1v) is 8.69. The van der Waals surface area contributed by atoms with Crippen LogP contribution in [-0.4, -0.2) is 74.9 Å². The molecule has 9 nitrogen and oxygen atoms in total. The maximum Gasteiger partial charge on any atom is 0.410 e. The number of nitrogens with zero attached hydrogens (tertiary/aromatic N) is 6. The number of piperazine rings is 1. The number of aromatic nitrogens is 3. The molecule has 0 spiro atoms. The van der Waals surface area contributed by atoms with E-state index in [-0.39, 0.29) is 30.1 Å². The predicted octanol–water partition coefficient (Wildman–Crippen LogP) is 1.33. The van der Waals surface area contributed by atoms with E-state index in [4.69, 9.17) is 10.5 Å². The third-order valence-corrected chi connectivity index (χ3v) is 3.88. The van der Waals surface area contributed by atoms with Crippen LogP contribution >= 0.6 is 24.0 Å². The molecule has 2 heterocycles. The quantitative estimate of drug-likeness (QED) is 0.397. The number of hydrogen-bond acceptors (Lipinski definition) is 5. The van der Waals surface area contributed by atoms with Gasteiger partial charge in [-0.15, -0.1) is 34.2 Å². The summed E-state index contributed by atoms with van der Waals surface area (Å²) in [5, 5.41) is 7.95. The monoisotopic (exact) mass is 479 g/mol. The van der Waals surface area contributed by atoms with E-state index in [1.165, 1.54) is 0 Å². The second kappa shape index (κ2) is 9.93. The normalized spacial score (nSPS) is 15.6. The van der Waals surface area contributed by atoms with Crippen LogP contribution in [-0.2, 0) is 17.7 Å². The highest BCUT2D eigenvalue weighted by molar-refractivity contribution is 14.0. The molecule has 0 radical (unpaired) electrons. The number of amides is 1. The van der Waals surface area contributed by atoms with Crippen molar-refractivity contribution >= 4 is 36.0 Å². The van der Waals surface area contributed by atoms with E-state index < -0.39 is 5.60 Å². The molecule has 0 atom stereocenters. The fraction of sp³-hybridized carbons (Fsp3) is 0.750. The molecule has 2 N–H and O–H groups in total. The van der Waals surface area contributed by atoms with Gasteiger partial charge in [-0.25, -0.2) is 4.79 Å². The highest BCUT2D eigenvalue weighted by atomic mass is 127. The van der Waals surface area contributed by atoms with E-state index in [9.17, 15) is 4.79 Å². The average molecular weight is 479 g/mol. The molecule has 2 rings (SSSR count). The molecule has 0 aromatic carbocycles. The first-order valence-electron chi connectivity index (χ1n) is 8.69. The van der Waals surface area contributed by atoms with E-state index in [1.54, 1.807) is 11.2 Å². The maximum absolute atomic E-state index is 12.1. The van der Waals surface area contributed by atoms with Crippen molar-refractivity contribution in [3.8, 4) is 0 Å². The highest BCUT2D eigenvalue weighted by Crippen LogP contribution is 2.11. The van der Waals surface area contributed by atoms with Gasteiger partial charge >= 0.3 is 6.09 Å². The molecule has 1 saturated heterocycles. The Labute approximate surface area is 172 Å². The van der Waals surface area contributed by atoms with E-state index in [0.717, 1.165) is 12.2 Å². The Kier molecular flexibility index (Phi) is 8.57. The van der Waals surface area contributed by atoms with Crippen LogP contribution in [0.15, 0.2) is 11.3 Å². The Balaban J connectivity index is 0.00000338. The molecule has 1 aliphatic heterocycles. The van der Waals surface area contributed by atoms with Crippen LogP contribution in [0.3, 0.4) is 0 Å². The number of carbonyl (C=O) groups excluding carboxylic acids is 1. The van der Waals surface area contributed by atoms with Crippen molar-refractivity contribution in [3.05, 3.63) is 12.2 Å². The fourth-order valence-corrected chi connectivity index (χ4v) is 2.56. The number of ether oxygens (including phenoxy) is 1. The van der Waals surface area contributed by atoms with E-state index in [0.29, 0.717) is 45.2 Å². The summed E-state index contributed by atoms with van der Waals surface area (Å²) in [5.41, 5.74) is 5.60. The van der Waals surface area contributed by atoms with Crippen LogP contribution in [0.2, 0.25) is 0 Å². The van der Waals surface area contributed by atoms with Crippen molar-refractivity contribution in [3.63, 3.8) is 0 Å². The van der Waals surface area contributed by atoms with E-state index >= 15 is 0 Å². The maximum atomic E-state index is 12.1. The standard InChI is InChI=1S/C16H29N7O2.HI/c1-5-13-20-19-12-23(13)7-6-18-14(17)21-8-10-22(11-9-21)15(24)25-16(2,3)4;/h12H,5-11H2,1-4H3,(H2,17,18);1H. The molecule has 148 valence electrons. The first-order chi connectivity index (χ1) is 11.8. The summed E-state index contributed by atoms with van der Waals surface area (Å²) < 4.78 is 7.38. The summed E-state index contributed by atoms with van der Waals surface area (Å²) in [4.78, 5) is 20.2. The second-order valence-corrected chi connectivity index (χ2v) is 6.99. The lowest BCUT2D eigenvalue weighted by molar-refractivity contribution is 0.0186. The Morgan fingerprint density at radius 3 is 2.46 bits per heavy atom. The number of carbonyl (C=O) groups is 1. The van der Waals surface area contributed by atoms with Crippen molar-refractivity contribution in [2.24, 2.45) is 10.7 Å². The molecule has 1 fully saturated rings. The average Bonchev–Trinajstić information content (AvgIpc) is 3.01. The molecular weight excluding hydrogens is 449 g/mol. The molecule has 26 heavy (non-hydrogen) atoms. The van der Waals surface area contributed by atoms with Crippen molar-refractivity contribution in [2.45, 2.75) is 46.3 Å². The summed E-state index contributed by atoms with van der Waals surface area (Å²) >= 11 is 0.